The Labute approximate surface area is 150 Å². The number of nitrogens with zero attached hydrogens (tertiary/aromatic N) is 3. The Morgan fingerprint density at radius 2 is 1.92 bits per heavy atom. The third kappa shape index (κ3) is 4.53. The van der Waals surface area contributed by atoms with Gasteiger partial charge in [0.25, 0.3) is 5.91 Å². The predicted molar refractivity (Wildman–Crippen MR) is 92.3 cm³/mol. The smallest absolute Gasteiger partial charge is 0.316 e. The summed E-state index contributed by atoms with van der Waals surface area (Å²) in [6.45, 7) is 2.47. The molecule has 26 heavy (non-hydrogen) atoms. The molecular formula is C18H19FN4O3. The highest BCUT2D eigenvalue weighted by atomic mass is 19.1. The number of benzene rings is 1. The first-order valence-corrected chi connectivity index (χ1v) is 8.32. The van der Waals surface area contributed by atoms with Gasteiger partial charge in [0.05, 0.1) is 18.9 Å². The van der Waals surface area contributed by atoms with Crippen molar-refractivity contribution in [2.45, 2.75) is 25.9 Å². The molecular weight excluding hydrogens is 339 g/mol. The number of aromatic nitrogens is 2. The van der Waals surface area contributed by atoms with Crippen LogP contribution in [0.1, 0.15) is 30.1 Å². The van der Waals surface area contributed by atoms with E-state index in [4.69, 9.17) is 4.74 Å². The average Bonchev–Trinajstić information content (AvgIpc) is 2.63. The quantitative estimate of drug-likeness (QED) is 0.906. The number of hydrogen-bond donors (Lipinski definition) is 1. The van der Waals surface area contributed by atoms with Crippen molar-refractivity contribution in [3.63, 3.8) is 0 Å². The molecule has 2 amide bonds. The number of halogens is 1. The number of anilines is 1. The highest BCUT2D eigenvalue weighted by Crippen LogP contribution is 2.18. The Morgan fingerprint density at radius 3 is 2.58 bits per heavy atom. The summed E-state index contributed by atoms with van der Waals surface area (Å²) in [4.78, 5) is 33.0. The van der Waals surface area contributed by atoms with E-state index in [-0.39, 0.29) is 23.9 Å². The minimum absolute atomic E-state index is 0.102. The minimum Gasteiger partial charge on any atom is -0.458 e. The van der Waals surface area contributed by atoms with Crippen molar-refractivity contribution in [1.29, 1.82) is 0 Å². The number of piperidine rings is 1. The topological polar surface area (TPSA) is 84.4 Å². The van der Waals surface area contributed by atoms with Crippen LogP contribution in [-0.2, 0) is 4.79 Å². The van der Waals surface area contributed by atoms with E-state index in [0.29, 0.717) is 24.3 Å². The van der Waals surface area contributed by atoms with E-state index in [9.17, 15) is 14.0 Å². The molecule has 2 aromatic rings. The maximum atomic E-state index is 12.9. The second-order valence-corrected chi connectivity index (χ2v) is 6.08. The Balaban J connectivity index is 1.62. The van der Waals surface area contributed by atoms with Gasteiger partial charge in [-0.3, -0.25) is 9.59 Å². The zero-order valence-corrected chi connectivity index (χ0v) is 14.3. The normalized spacial score (nSPS) is 16.8. The maximum absolute atomic E-state index is 12.9. The first kappa shape index (κ1) is 17.8. The fraction of sp³-hybridized carbons (Fsp3) is 0.333. The van der Waals surface area contributed by atoms with Gasteiger partial charge in [-0.2, -0.15) is 0 Å². The van der Waals surface area contributed by atoms with Crippen LogP contribution < -0.4 is 10.1 Å². The van der Waals surface area contributed by atoms with Crippen LogP contribution in [-0.4, -0.2) is 45.9 Å². The largest absolute Gasteiger partial charge is 0.458 e. The number of hydrogen-bond acceptors (Lipinski definition) is 5. The molecule has 2 heterocycles. The van der Waals surface area contributed by atoms with Crippen molar-refractivity contribution in [2.24, 2.45) is 0 Å². The standard InChI is InChI=1S/C18H19FN4O3/c1-12(24)22-15-6-4-13(5-7-15)17(25)23-8-2-3-16(11-23)26-18-20-9-14(19)10-21-18/h4-7,9-10,16H,2-3,8,11H2,1H3,(H,22,24). The fourth-order valence-corrected chi connectivity index (χ4v) is 2.81. The molecule has 1 saturated heterocycles. The van der Waals surface area contributed by atoms with Gasteiger partial charge in [0, 0.05) is 24.7 Å². The van der Waals surface area contributed by atoms with Gasteiger partial charge in [0.15, 0.2) is 5.82 Å². The lowest BCUT2D eigenvalue weighted by atomic mass is 10.1. The van der Waals surface area contributed by atoms with Crippen LogP contribution >= 0.6 is 0 Å². The SMILES string of the molecule is CC(=O)Nc1ccc(C(=O)N2CCCC(Oc3ncc(F)cn3)C2)cc1. The van der Waals surface area contributed by atoms with E-state index in [1.165, 1.54) is 6.92 Å². The van der Waals surface area contributed by atoms with Gasteiger partial charge in [0.1, 0.15) is 6.10 Å². The molecule has 0 aliphatic carbocycles. The molecule has 1 aliphatic heterocycles. The van der Waals surface area contributed by atoms with Crippen LogP contribution in [0.5, 0.6) is 6.01 Å². The molecule has 1 N–H and O–H groups in total. The van der Waals surface area contributed by atoms with E-state index in [1.54, 1.807) is 29.2 Å². The van der Waals surface area contributed by atoms with E-state index >= 15 is 0 Å². The summed E-state index contributed by atoms with van der Waals surface area (Å²) in [5.41, 5.74) is 1.18. The van der Waals surface area contributed by atoms with Gasteiger partial charge in [-0.1, -0.05) is 0 Å². The van der Waals surface area contributed by atoms with Crippen molar-refractivity contribution in [1.82, 2.24) is 14.9 Å². The zero-order chi connectivity index (χ0) is 18.5. The molecule has 1 aromatic heterocycles. The highest BCUT2D eigenvalue weighted by Gasteiger charge is 2.26. The zero-order valence-electron chi connectivity index (χ0n) is 14.3. The molecule has 7 nitrogen and oxygen atoms in total. The van der Waals surface area contributed by atoms with Crippen LogP contribution in [0, 0.1) is 5.82 Å². The van der Waals surface area contributed by atoms with Gasteiger partial charge in [-0.15, -0.1) is 0 Å². The predicted octanol–water partition coefficient (Wildman–Crippen LogP) is 2.26. The van der Waals surface area contributed by atoms with Crippen LogP contribution in [0.15, 0.2) is 36.7 Å². The Bertz CT molecular complexity index is 780. The number of carbonyl (C=O) groups excluding carboxylic acids is 2. The number of nitrogens with one attached hydrogen (secondary N) is 1. The van der Waals surface area contributed by atoms with Crippen molar-refractivity contribution in [3.8, 4) is 6.01 Å². The molecule has 8 heteroatoms. The lowest BCUT2D eigenvalue weighted by molar-refractivity contribution is -0.114. The Morgan fingerprint density at radius 1 is 1.23 bits per heavy atom. The lowest BCUT2D eigenvalue weighted by Gasteiger charge is -2.32. The summed E-state index contributed by atoms with van der Waals surface area (Å²) in [6, 6.07) is 6.85. The van der Waals surface area contributed by atoms with E-state index in [1.807, 2.05) is 0 Å². The molecule has 1 aromatic carbocycles. The van der Waals surface area contributed by atoms with Gasteiger partial charge in [-0.05, 0) is 37.1 Å². The molecule has 0 saturated carbocycles. The van der Waals surface area contributed by atoms with Crippen LogP contribution in [0.2, 0.25) is 0 Å². The third-order valence-electron chi connectivity index (χ3n) is 3.99. The van der Waals surface area contributed by atoms with Gasteiger partial charge in [-0.25, -0.2) is 14.4 Å². The van der Waals surface area contributed by atoms with E-state index in [2.05, 4.69) is 15.3 Å². The van der Waals surface area contributed by atoms with Crippen molar-refractivity contribution in [2.75, 3.05) is 18.4 Å². The van der Waals surface area contributed by atoms with Crippen LogP contribution in [0.4, 0.5) is 10.1 Å². The van der Waals surface area contributed by atoms with Gasteiger partial charge < -0.3 is 15.0 Å². The summed E-state index contributed by atoms with van der Waals surface area (Å²) in [7, 11) is 0. The molecule has 136 valence electrons. The highest BCUT2D eigenvalue weighted by molar-refractivity contribution is 5.95. The number of carbonyl (C=O) groups is 2. The summed E-state index contributed by atoms with van der Waals surface area (Å²) < 4.78 is 18.5. The second-order valence-electron chi connectivity index (χ2n) is 6.08. The summed E-state index contributed by atoms with van der Waals surface area (Å²) in [5, 5.41) is 2.66. The van der Waals surface area contributed by atoms with E-state index in [0.717, 1.165) is 25.2 Å². The third-order valence-corrected chi connectivity index (χ3v) is 3.99. The molecule has 0 radical (unpaired) electrons. The minimum atomic E-state index is -0.527. The molecule has 1 atom stereocenters. The average molecular weight is 358 g/mol. The molecule has 1 aliphatic rings. The number of amides is 2. The number of likely N-dealkylation sites (tertiary alicyclic amines) is 1. The first-order chi connectivity index (χ1) is 12.5. The monoisotopic (exact) mass is 358 g/mol. The van der Waals surface area contributed by atoms with Crippen molar-refractivity contribution >= 4 is 17.5 Å². The molecule has 0 spiro atoms. The maximum Gasteiger partial charge on any atom is 0.316 e. The number of rotatable bonds is 4. The van der Waals surface area contributed by atoms with Crippen LogP contribution in [0.25, 0.3) is 0 Å². The number of ether oxygens (including phenoxy) is 1. The molecule has 3 rings (SSSR count). The van der Waals surface area contributed by atoms with Gasteiger partial charge in [0.2, 0.25) is 5.91 Å². The summed E-state index contributed by atoms with van der Waals surface area (Å²) >= 11 is 0. The van der Waals surface area contributed by atoms with E-state index < -0.39 is 5.82 Å². The van der Waals surface area contributed by atoms with Crippen molar-refractivity contribution < 1.29 is 18.7 Å². The molecule has 1 unspecified atom stereocenters. The molecule has 1 fully saturated rings. The van der Waals surface area contributed by atoms with Gasteiger partial charge >= 0.3 is 6.01 Å². The first-order valence-electron chi connectivity index (χ1n) is 8.32. The summed E-state index contributed by atoms with van der Waals surface area (Å²) in [6.07, 6.45) is 3.42. The fourth-order valence-electron chi connectivity index (χ4n) is 2.81. The van der Waals surface area contributed by atoms with Crippen molar-refractivity contribution in [3.05, 3.63) is 48.0 Å². The molecule has 0 bridgehead atoms. The Hall–Kier alpha value is -3.03. The summed E-state index contributed by atoms with van der Waals surface area (Å²) in [5.74, 6) is -0.795. The Kier molecular flexibility index (Phi) is 5.40. The van der Waals surface area contributed by atoms with Crippen LogP contribution in [0.3, 0.4) is 0 Å². The lowest BCUT2D eigenvalue weighted by Crippen LogP contribution is -2.44. The second kappa shape index (κ2) is 7.90.